The number of carbonyl (C=O) groups is 2. The average molecular weight is 525 g/mol. The standard InChI is InChI=1S/C29H37FN4O4/c1-28(2,30)13-12-19(26(31)36)16-25(35)23(15-18-8-7-9-20(14-18)29(3,4)38)34-27(37)24-17-32-21-10-5-6-11-22(21)33-24/h5-11,14,17,19,23,25,35,38H,12-13,15-16H2,1-4H3,(H2,31,36)(H,34,37). The predicted molar refractivity (Wildman–Crippen MR) is 144 cm³/mol. The van der Waals surface area contributed by atoms with Gasteiger partial charge in [-0.2, -0.15) is 0 Å². The highest BCUT2D eigenvalue weighted by Crippen LogP contribution is 2.25. The molecule has 8 nitrogen and oxygen atoms in total. The number of aliphatic hydroxyl groups excluding tert-OH is 1. The van der Waals surface area contributed by atoms with Gasteiger partial charge in [-0.1, -0.05) is 36.4 Å². The summed E-state index contributed by atoms with van der Waals surface area (Å²) < 4.78 is 14.1. The lowest BCUT2D eigenvalue weighted by atomic mass is 9.87. The highest BCUT2D eigenvalue weighted by molar-refractivity contribution is 5.94. The van der Waals surface area contributed by atoms with Crippen molar-refractivity contribution in [2.24, 2.45) is 11.7 Å². The van der Waals surface area contributed by atoms with Gasteiger partial charge in [-0.25, -0.2) is 9.37 Å². The normalized spacial score (nSPS) is 14.6. The van der Waals surface area contributed by atoms with Gasteiger partial charge in [0.25, 0.3) is 5.91 Å². The second kappa shape index (κ2) is 12.0. The Hall–Kier alpha value is -3.43. The van der Waals surface area contributed by atoms with Gasteiger partial charge < -0.3 is 21.3 Å². The Labute approximate surface area is 222 Å². The summed E-state index contributed by atoms with van der Waals surface area (Å²) in [4.78, 5) is 34.0. The molecule has 3 aromatic rings. The number of carbonyl (C=O) groups excluding carboxylic acids is 2. The fourth-order valence-electron chi connectivity index (χ4n) is 4.27. The molecule has 0 aliphatic heterocycles. The molecular formula is C29H37FN4O4. The smallest absolute Gasteiger partial charge is 0.271 e. The Morgan fingerprint density at radius 1 is 1.08 bits per heavy atom. The number of para-hydroxylation sites is 2. The number of alkyl halides is 1. The van der Waals surface area contributed by atoms with E-state index in [0.29, 0.717) is 16.6 Å². The fourth-order valence-corrected chi connectivity index (χ4v) is 4.27. The Kier molecular flexibility index (Phi) is 9.17. The van der Waals surface area contributed by atoms with Crippen molar-refractivity contribution in [3.8, 4) is 0 Å². The molecule has 9 heteroatoms. The lowest BCUT2D eigenvalue weighted by Gasteiger charge is -2.28. The van der Waals surface area contributed by atoms with Gasteiger partial charge in [0, 0.05) is 5.92 Å². The van der Waals surface area contributed by atoms with E-state index in [9.17, 15) is 24.2 Å². The van der Waals surface area contributed by atoms with Gasteiger partial charge in [0.15, 0.2) is 0 Å². The molecule has 0 saturated heterocycles. The van der Waals surface area contributed by atoms with E-state index in [1.54, 1.807) is 50.2 Å². The number of hydrogen-bond donors (Lipinski definition) is 4. The van der Waals surface area contributed by atoms with Crippen LogP contribution in [0.5, 0.6) is 0 Å². The maximum atomic E-state index is 14.1. The quantitative estimate of drug-likeness (QED) is 0.286. The number of aliphatic hydroxyl groups is 2. The summed E-state index contributed by atoms with van der Waals surface area (Å²) in [5.74, 6) is -1.95. The monoisotopic (exact) mass is 524 g/mol. The molecule has 38 heavy (non-hydrogen) atoms. The first kappa shape index (κ1) is 29.1. The molecule has 3 unspecified atom stereocenters. The van der Waals surface area contributed by atoms with Crippen molar-refractivity contribution in [1.29, 1.82) is 0 Å². The minimum atomic E-state index is -1.49. The minimum absolute atomic E-state index is 0.0507. The summed E-state index contributed by atoms with van der Waals surface area (Å²) in [5, 5.41) is 24.5. The zero-order valence-corrected chi connectivity index (χ0v) is 22.3. The summed E-state index contributed by atoms with van der Waals surface area (Å²) in [7, 11) is 0. The summed E-state index contributed by atoms with van der Waals surface area (Å²) in [6.45, 7) is 6.18. The molecule has 1 aromatic heterocycles. The zero-order valence-electron chi connectivity index (χ0n) is 22.3. The highest BCUT2D eigenvalue weighted by atomic mass is 19.1. The van der Waals surface area contributed by atoms with E-state index in [4.69, 9.17) is 5.73 Å². The topological polar surface area (TPSA) is 138 Å². The number of halogens is 1. The van der Waals surface area contributed by atoms with Crippen LogP contribution >= 0.6 is 0 Å². The number of fused-ring (bicyclic) bond motifs is 1. The predicted octanol–water partition coefficient (Wildman–Crippen LogP) is 3.58. The summed E-state index contributed by atoms with van der Waals surface area (Å²) >= 11 is 0. The Morgan fingerprint density at radius 3 is 2.39 bits per heavy atom. The van der Waals surface area contributed by atoms with Crippen LogP contribution in [0, 0.1) is 5.92 Å². The number of aromatic nitrogens is 2. The molecular weight excluding hydrogens is 487 g/mol. The number of amides is 2. The van der Waals surface area contributed by atoms with Gasteiger partial charge in [0.05, 0.1) is 35.0 Å². The summed E-state index contributed by atoms with van der Waals surface area (Å²) in [6, 6.07) is 13.5. The molecule has 0 aliphatic carbocycles. The second-order valence-corrected chi connectivity index (χ2v) is 10.9. The number of nitrogens with zero attached hydrogens (tertiary/aromatic N) is 2. The van der Waals surface area contributed by atoms with E-state index < -0.39 is 41.1 Å². The van der Waals surface area contributed by atoms with E-state index >= 15 is 0 Å². The maximum absolute atomic E-state index is 14.1. The Bertz CT molecular complexity index is 1270. The maximum Gasteiger partial charge on any atom is 0.271 e. The van der Waals surface area contributed by atoms with Gasteiger partial charge in [0.2, 0.25) is 5.91 Å². The molecule has 0 radical (unpaired) electrons. The Balaban J connectivity index is 1.86. The molecule has 0 saturated carbocycles. The van der Waals surface area contributed by atoms with E-state index in [0.717, 1.165) is 5.56 Å². The summed E-state index contributed by atoms with van der Waals surface area (Å²) in [6.07, 6.45) is 0.623. The molecule has 204 valence electrons. The van der Waals surface area contributed by atoms with E-state index in [1.807, 2.05) is 12.1 Å². The lowest BCUT2D eigenvalue weighted by Crippen LogP contribution is -2.46. The minimum Gasteiger partial charge on any atom is -0.391 e. The van der Waals surface area contributed by atoms with Crippen LogP contribution in [-0.4, -0.2) is 49.8 Å². The van der Waals surface area contributed by atoms with E-state index in [-0.39, 0.29) is 31.4 Å². The van der Waals surface area contributed by atoms with Crippen LogP contribution in [0.2, 0.25) is 0 Å². The first-order chi connectivity index (χ1) is 17.7. The fraction of sp³-hybridized carbons (Fsp3) is 0.448. The lowest BCUT2D eigenvalue weighted by molar-refractivity contribution is -0.123. The Morgan fingerprint density at radius 2 is 1.76 bits per heavy atom. The first-order valence-corrected chi connectivity index (χ1v) is 12.7. The molecule has 0 fully saturated rings. The number of hydrogen-bond acceptors (Lipinski definition) is 6. The molecule has 2 amide bonds. The largest absolute Gasteiger partial charge is 0.391 e. The zero-order chi connectivity index (χ0) is 28.1. The molecule has 3 rings (SSSR count). The second-order valence-electron chi connectivity index (χ2n) is 10.9. The van der Waals surface area contributed by atoms with Crippen molar-refractivity contribution in [3.63, 3.8) is 0 Å². The van der Waals surface area contributed by atoms with Crippen molar-refractivity contribution < 1.29 is 24.2 Å². The number of benzene rings is 2. The third-order valence-electron chi connectivity index (χ3n) is 6.57. The molecule has 2 aromatic carbocycles. The van der Waals surface area contributed by atoms with Crippen LogP contribution in [-0.2, 0) is 16.8 Å². The molecule has 1 heterocycles. The molecule has 0 aliphatic rings. The van der Waals surface area contributed by atoms with Crippen LogP contribution in [0.3, 0.4) is 0 Å². The van der Waals surface area contributed by atoms with Gasteiger partial charge in [-0.3, -0.25) is 14.6 Å². The van der Waals surface area contributed by atoms with Gasteiger partial charge in [0.1, 0.15) is 11.4 Å². The van der Waals surface area contributed by atoms with Crippen LogP contribution in [0.15, 0.2) is 54.7 Å². The van der Waals surface area contributed by atoms with E-state index in [1.165, 1.54) is 20.0 Å². The van der Waals surface area contributed by atoms with Gasteiger partial charge >= 0.3 is 0 Å². The van der Waals surface area contributed by atoms with Crippen molar-refractivity contribution >= 4 is 22.8 Å². The van der Waals surface area contributed by atoms with Crippen molar-refractivity contribution in [3.05, 3.63) is 71.5 Å². The van der Waals surface area contributed by atoms with Gasteiger partial charge in [-0.05, 0) is 76.6 Å². The first-order valence-electron chi connectivity index (χ1n) is 12.7. The number of nitrogens with two attached hydrogens (primary N) is 1. The van der Waals surface area contributed by atoms with Crippen LogP contribution in [0.4, 0.5) is 4.39 Å². The van der Waals surface area contributed by atoms with Crippen molar-refractivity contribution in [1.82, 2.24) is 15.3 Å². The molecule has 5 N–H and O–H groups in total. The molecule has 3 atom stereocenters. The number of nitrogens with one attached hydrogen (secondary N) is 1. The SMILES string of the molecule is CC(C)(F)CCC(CC(O)C(Cc1cccc(C(C)(C)O)c1)NC(=O)c1cnc2ccccc2n1)C(N)=O. The third kappa shape index (κ3) is 8.29. The molecule has 0 bridgehead atoms. The number of rotatable bonds is 12. The summed E-state index contributed by atoms with van der Waals surface area (Å²) in [5.41, 5.74) is 5.72. The van der Waals surface area contributed by atoms with Crippen LogP contribution in [0.25, 0.3) is 11.0 Å². The van der Waals surface area contributed by atoms with Gasteiger partial charge in [-0.15, -0.1) is 0 Å². The average Bonchev–Trinajstić information content (AvgIpc) is 2.84. The van der Waals surface area contributed by atoms with Crippen LogP contribution < -0.4 is 11.1 Å². The van der Waals surface area contributed by atoms with E-state index in [2.05, 4.69) is 15.3 Å². The third-order valence-corrected chi connectivity index (χ3v) is 6.57. The number of primary amides is 1. The van der Waals surface area contributed by atoms with Crippen molar-refractivity contribution in [2.45, 2.75) is 76.8 Å². The highest BCUT2D eigenvalue weighted by Gasteiger charge is 2.30. The van der Waals surface area contributed by atoms with Crippen molar-refractivity contribution in [2.75, 3.05) is 0 Å². The molecule has 0 spiro atoms. The van der Waals surface area contributed by atoms with Crippen LogP contribution in [0.1, 0.15) is 68.6 Å².